The van der Waals surface area contributed by atoms with Crippen LogP contribution in [0.4, 0.5) is 11.8 Å². The molecule has 0 saturated heterocycles. The maximum absolute atomic E-state index is 12.3. The molecule has 11 heteroatoms. The first-order valence-electron chi connectivity index (χ1n) is 11.9. The highest BCUT2D eigenvalue weighted by Gasteiger charge is 2.24. The lowest BCUT2D eigenvalue weighted by molar-refractivity contribution is -0.137. The minimum absolute atomic E-state index is 0.187. The van der Waals surface area contributed by atoms with E-state index in [2.05, 4.69) is 24.6 Å². The number of ether oxygens (including phenoxy) is 2. The van der Waals surface area contributed by atoms with Crippen molar-refractivity contribution in [1.29, 1.82) is 0 Å². The first-order chi connectivity index (χ1) is 18.2. The zero-order valence-corrected chi connectivity index (χ0v) is 23.0. The number of carboxylic acid groups (broad SMARTS) is 1. The molecule has 0 aliphatic rings. The maximum Gasteiger partial charge on any atom is 0.326 e. The monoisotopic (exact) mass is 534 g/mol. The molecule has 0 bridgehead atoms. The molecule has 0 amide bonds. The van der Waals surface area contributed by atoms with Crippen LogP contribution in [0.3, 0.4) is 0 Å². The molecule has 3 aromatic heterocycles. The van der Waals surface area contributed by atoms with Crippen molar-refractivity contribution < 1.29 is 19.4 Å². The van der Waals surface area contributed by atoms with E-state index >= 15 is 0 Å². The molecular formula is C27H30N6O4S. The molecule has 38 heavy (non-hydrogen) atoms. The fourth-order valence-corrected chi connectivity index (χ4v) is 4.86. The molecule has 0 radical (unpaired) electrons. The van der Waals surface area contributed by atoms with E-state index in [0.29, 0.717) is 34.5 Å². The van der Waals surface area contributed by atoms with Crippen molar-refractivity contribution >= 4 is 29.3 Å². The van der Waals surface area contributed by atoms with E-state index in [1.807, 2.05) is 58.3 Å². The second kappa shape index (κ2) is 11.4. The molecule has 0 unspecified atom stereocenters. The van der Waals surface area contributed by atoms with Crippen molar-refractivity contribution in [2.75, 3.05) is 38.5 Å². The molecule has 0 aliphatic carbocycles. The summed E-state index contributed by atoms with van der Waals surface area (Å²) >= 11 is 1.39. The summed E-state index contributed by atoms with van der Waals surface area (Å²) in [7, 11) is 6.85. The number of benzene rings is 1. The molecule has 0 saturated carbocycles. The number of nitrogens with one attached hydrogen (secondary N) is 1. The predicted octanol–water partition coefficient (Wildman–Crippen LogP) is 4.47. The molecule has 4 aromatic rings. The number of aryl methyl sites for hydroxylation is 2. The number of aliphatic carboxylic acids is 1. The Hall–Kier alpha value is -4.25. The lowest BCUT2D eigenvalue weighted by Crippen LogP contribution is -2.32. The van der Waals surface area contributed by atoms with Crippen LogP contribution in [0, 0.1) is 13.8 Å². The number of carboxylic acids is 1. The molecule has 0 fully saturated rings. The maximum atomic E-state index is 12.3. The third-order valence-electron chi connectivity index (χ3n) is 6.04. The zero-order valence-electron chi connectivity index (χ0n) is 22.1. The molecular weight excluding hydrogens is 504 g/mol. The van der Waals surface area contributed by atoms with E-state index in [0.717, 1.165) is 27.3 Å². The van der Waals surface area contributed by atoms with Crippen molar-refractivity contribution in [3.05, 3.63) is 58.9 Å². The van der Waals surface area contributed by atoms with Gasteiger partial charge >= 0.3 is 5.97 Å². The number of aromatic nitrogens is 4. The average molecular weight is 535 g/mol. The van der Waals surface area contributed by atoms with Crippen molar-refractivity contribution in [3.8, 4) is 33.9 Å². The number of rotatable bonds is 10. The Balaban J connectivity index is 1.65. The van der Waals surface area contributed by atoms with Crippen LogP contribution < -0.4 is 19.7 Å². The van der Waals surface area contributed by atoms with Crippen LogP contribution in [0.15, 0.2) is 42.7 Å². The quantitative estimate of drug-likeness (QED) is 0.301. The Kier molecular flexibility index (Phi) is 8.06. The van der Waals surface area contributed by atoms with Gasteiger partial charge in [0.1, 0.15) is 23.4 Å². The Labute approximate surface area is 225 Å². The van der Waals surface area contributed by atoms with Gasteiger partial charge in [-0.1, -0.05) is 12.1 Å². The minimum Gasteiger partial charge on any atom is -0.496 e. The van der Waals surface area contributed by atoms with E-state index in [-0.39, 0.29) is 6.42 Å². The van der Waals surface area contributed by atoms with Gasteiger partial charge in [0, 0.05) is 48.9 Å². The minimum atomic E-state index is -1.01. The van der Waals surface area contributed by atoms with Crippen LogP contribution in [0.25, 0.3) is 22.4 Å². The molecule has 3 heterocycles. The van der Waals surface area contributed by atoms with Gasteiger partial charge in [-0.2, -0.15) is 9.36 Å². The Morgan fingerprint density at radius 3 is 2.29 bits per heavy atom. The summed E-state index contributed by atoms with van der Waals surface area (Å²) in [5.41, 5.74) is 4.60. The van der Waals surface area contributed by atoms with E-state index in [4.69, 9.17) is 9.47 Å². The Bertz CT molecular complexity index is 1400. The average Bonchev–Trinajstić information content (AvgIpc) is 3.25. The summed E-state index contributed by atoms with van der Waals surface area (Å²) in [5, 5.41) is 13.2. The number of hydrogen-bond acceptors (Lipinski definition) is 10. The van der Waals surface area contributed by atoms with Gasteiger partial charge in [0.15, 0.2) is 0 Å². The molecule has 4 rings (SSSR count). The SMILES string of the molecule is COc1cccc(OC)c1-c1ccc(C[C@H](Nc2nc(N(C)C)ncc2-c2c(C)nsc2C)C(=O)O)cn1. The van der Waals surface area contributed by atoms with Crippen molar-refractivity contribution in [1.82, 2.24) is 19.3 Å². The second-order valence-corrected chi connectivity index (χ2v) is 9.83. The van der Waals surface area contributed by atoms with Gasteiger partial charge in [0.2, 0.25) is 5.95 Å². The summed E-state index contributed by atoms with van der Waals surface area (Å²) in [6.45, 7) is 3.89. The fraction of sp³-hybridized carbons (Fsp3) is 0.296. The van der Waals surface area contributed by atoms with E-state index in [9.17, 15) is 9.90 Å². The molecule has 10 nitrogen and oxygen atoms in total. The van der Waals surface area contributed by atoms with Crippen LogP contribution in [0.2, 0.25) is 0 Å². The van der Waals surface area contributed by atoms with E-state index < -0.39 is 12.0 Å². The number of carbonyl (C=O) groups is 1. The van der Waals surface area contributed by atoms with Crippen LogP contribution in [0.5, 0.6) is 11.5 Å². The third kappa shape index (κ3) is 5.52. The summed E-state index contributed by atoms with van der Waals surface area (Å²) in [5.74, 6) is 1.17. The summed E-state index contributed by atoms with van der Waals surface area (Å²) in [6.07, 6.45) is 3.57. The molecule has 0 spiro atoms. The highest BCUT2D eigenvalue weighted by molar-refractivity contribution is 7.06. The molecule has 0 aliphatic heterocycles. The molecule has 1 aromatic carbocycles. The van der Waals surface area contributed by atoms with Crippen LogP contribution in [-0.2, 0) is 11.2 Å². The zero-order chi connectivity index (χ0) is 27.4. The topological polar surface area (TPSA) is 123 Å². The number of pyridine rings is 1. The number of anilines is 2. The molecule has 198 valence electrons. The van der Waals surface area contributed by atoms with Gasteiger partial charge in [-0.05, 0) is 49.1 Å². The second-order valence-electron chi connectivity index (χ2n) is 8.85. The fourth-order valence-electron chi connectivity index (χ4n) is 4.15. The van der Waals surface area contributed by atoms with Crippen LogP contribution >= 0.6 is 11.5 Å². The normalized spacial score (nSPS) is 11.6. The van der Waals surface area contributed by atoms with Crippen LogP contribution in [0.1, 0.15) is 16.1 Å². The Morgan fingerprint density at radius 1 is 1.05 bits per heavy atom. The smallest absolute Gasteiger partial charge is 0.326 e. The van der Waals surface area contributed by atoms with Gasteiger partial charge in [0.05, 0.1) is 31.2 Å². The van der Waals surface area contributed by atoms with E-state index in [1.165, 1.54) is 11.5 Å². The first-order valence-corrected chi connectivity index (χ1v) is 12.6. The van der Waals surface area contributed by atoms with Gasteiger partial charge < -0.3 is 24.8 Å². The van der Waals surface area contributed by atoms with Gasteiger partial charge in [-0.25, -0.2) is 9.78 Å². The number of nitrogens with zero attached hydrogens (tertiary/aromatic N) is 5. The van der Waals surface area contributed by atoms with Crippen LogP contribution in [-0.4, -0.2) is 64.8 Å². The lowest BCUT2D eigenvalue weighted by atomic mass is 10.0. The van der Waals surface area contributed by atoms with Gasteiger partial charge in [-0.3, -0.25) is 4.98 Å². The Morgan fingerprint density at radius 2 is 1.76 bits per heavy atom. The predicted molar refractivity (Wildman–Crippen MR) is 148 cm³/mol. The largest absolute Gasteiger partial charge is 0.496 e. The summed E-state index contributed by atoms with van der Waals surface area (Å²) in [6, 6.07) is 8.25. The van der Waals surface area contributed by atoms with Gasteiger partial charge in [0.25, 0.3) is 0 Å². The highest BCUT2D eigenvalue weighted by atomic mass is 32.1. The first kappa shape index (κ1) is 26.8. The van der Waals surface area contributed by atoms with Crippen molar-refractivity contribution in [3.63, 3.8) is 0 Å². The third-order valence-corrected chi connectivity index (χ3v) is 6.88. The van der Waals surface area contributed by atoms with Crippen molar-refractivity contribution in [2.45, 2.75) is 26.3 Å². The number of hydrogen-bond donors (Lipinski definition) is 2. The standard InChI is InChI=1S/C27H30N6O4S/c1-15-23(16(2)38-32-15)18-14-29-27(33(3)4)31-25(18)30-20(26(34)35)12-17-10-11-19(28-13-17)24-21(36-5)8-7-9-22(24)37-6/h7-11,13-14,20H,12H2,1-6H3,(H,34,35)(H,29,30,31)/t20-/m0/s1. The molecule has 1 atom stereocenters. The number of methoxy groups -OCH3 is 2. The van der Waals surface area contributed by atoms with E-state index in [1.54, 1.807) is 31.5 Å². The molecule has 2 N–H and O–H groups in total. The van der Waals surface area contributed by atoms with Gasteiger partial charge in [-0.15, -0.1) is 0 Å². The summed E-state index contributed by atoms with van der Waals surface area (Å²) < 4.78 is 15.4. The highest BCUT2D eigenvalue weighted by Crippen LogP contribution is 2.37. The lowest BCUT2D eigenvalue weighted by Gasteiger charge is -2.20. The van der Waals surface area contributed by atoms with Crippen molar-refractivity contribution in [2.24, 2.45) is 0 Å². The summed E-state index contributed by atoms with van der Waals surface area (Å²) in [4.78, 5) is 28.8.